The monoisotopic (exact) mass is 274 g/mol. The van der Waals surface area contributed by atoms with Crippen molar-refractivity contribution in [1.29, 1.82) is 0 Å². The molecule has 0 saturated carbocycles. The summed E-state index contributed by atoms with van der Waals surface area (Å²) in [7, 11) is 0. The van der Waals surface area contributed by atoms with Gasteiger partial charge in [0.25, 0.3) is 0 Å². The largest absolute Gasteiger partial charge is 0.389 e. The van der Waals surface area contributed by atoms with E-state index in [2.05, 4.69) is 5.16 Å². The minimum absolute atomic E-state index is 0.460. The van der Waals surface area contributed by atoms with Crippen LogP contribution in [0.5, 0.6) is 0 Å². The molecule has 0 bridgehead atoms. The van der Waals surface area contributed by atoms with Gasteiger partial charge in [-0.05, 0) is 6.92 Å². The molecule has 1 saturated heterocycles. The molecule has 106 valence electrons. The second-order valence-corrected chi connectivity index (χ2v) is 5.37. The Labute approximate surface area is 117 Å². The maximum atomic E-state index is 9.52. The summed E-state index contributed by atoms with van der Waals surface area (Å²) in [6, 6.07) is 10.0. The van der Waals surface area contributed by atoms with Gasteiger partial charge >= 0.3 is 0 Å². The molecule has 2 atom stereocenters. The Bertz CT molecular complexity index is 569. The van der Waals surface area contributed by atoms with Crippen molar-refractivity contribution in [3.8, 4) is 11.3 Å². The van der Waals surface area contributed by atoms with Crippen molar-refractivity contribution in [2.24, 2.45) is 0 Å². The van der Waals surface area contributed by atoms with E-state index in [-0.39, 0.29) is 0 Å². The van der Waals surface area contributed by atoms with Gasteiger partial charge < -0.3 is 14.7 Å². The van der Waals surface area contributed by atoms with E-state index in [4.69, 9.17) is 4.52 Å². The number of aromatic nitrogens is 1. The van der Waals surface area contributed by atoms with E-state index >= 15 is 0 Å². The summed E-state index contributed by atoms with van der Waals surface area (Å²) in [5.41, 5.74) is 3.03. The number of likely N-dealkylation sites (tertiary alicyclic amines) is 1. The number of aryl methyl sites for hydroxylation is 1. The summed E-state index contributed by atoms with van der Waals surface area (Å²) in [5, 5.41) is 23.1. The highest BCUT2D eigenvalue weighted by atomic mass is 16.5. The molecule has 5 heteroatoms. The molecule has 1 aromatic carbocycles. The number of aliphatic hydroxyl groups is 2. The maximum Gasteiger partial charge on any atom is 0.151 e. The minimum atomic E-state index is -0.672. The molecule has 0 amide bonds. The predicted octanol–water partition coefficient (Wildman–Crippen LogP) is 1.19. The van der Waals surface area contributed by atoms with Crippen molar-refractivity contribution in [3.63, 3.8) is 0 Å². The van der Waals surface area contributed by atoms with Gasteiger partial charge in [-0.2, -0.15) is 0 Å². The van der Waals surface area contributed by atoms with E-state index in [9.17, 15) is 10.2 Å². The van der Waals surface area contributed by atoms with Gasteiger partial charge in [0.1, 0.15) is 5.69 Å². The fourth-order valence-electron chi connectivity index (χ4n) is 2.44. The SMILES string of the molecule is Cc1ccc(-c2cc(CN3C[C@@H](O)[C@@H](O)C3)on2)cc1. The van der Waals surface area contributed by atoms with Crippen LogP contribution in [0.4, 0.5) is 0 Å². The highest BCUT2D eigenvalue weighted by Gasteiger charge is 2.30. The second-order valence-electron chi connectivity index (χ2n) is 5.37. The molecule has 20 heavy (non-hydrogen) atoms. The maximum absolute atomic E-state index is 9.52. The van der Waals surface area contributed by atoms with Crippen LogP contribution in [0.2, 0.25) is 0 Å². The van der Waals surface area contributed by atoms with Crippen molar-refractivity contribution < 1.29 is 14.7 Å². The summed E-state index contributed by atoms with van der Waals surface area (Å²) >= 11 is 0. The molecule has 0 aliphatic carbocycles. The molecular weight excluding hydrogens is 256 g/mol. The van der Waals surface area contributed by atoms with Crippen LogP contribution in [-0.4, -0.2) is 45.6 Å². The van der Waals surface area contributed by atoms with E-state index in [1.807, 2.05) is 42.2 Å². The molecule has 2 N–H and O–H groups in total. The van der Waals surface area contributed by atoms with Crippen LogP contribution in [0.3, 0.4) is 0 Å². The third kappa shape index (κ3) is 2.75. The van der Waals surface area contributed by atoms with Crippen LogP contribution < -0.4 is 0 Å². The lowest BCUT2D eigenvalue weighted by Gasteiger charge is -2.11. The summed E-state index contributed by atoms with van der Waals surface area (Å²) in [4.78, 5) is 1.95. The molecule has 2 aromatic rings. The minimum Gasteiger partial charge on any atom is -0.389 e. The van der Waals surface area contributed by atoms with Crippen LogP contribution in [0.25, 0.3) is 11.3 Å². The standard InChI is InChI=1S/C15H18N2O3/c1-10-2-4-11(5-3-10)13-6-12(20-16-13)7-17-8-14(18)15(19)9-17/h2-6,14-15,18-19H,7-9H2,1H3/t14-,15+. The Morgan fingerprint density at radius 1 is 1.20 bits per heavy atom. The molecule has 1 aliphatic heterocycles. The molecule has 5 nitrogen and oxygen atoms in total. The van der Waals surface area contributed by atoms with Gasteiger partial charge in [0.2, 0.25) is 0 Å². The second kappa shape index (κ2) is 5.36. The molecule has 0 unspecified atom stereocenters. The van der Waals surface area contributed by atoms with E-state index in [1.54, 1.807) is 0 Å². The quantitative estimate of drug-likeness (QED) is 0.879. The fourth-order valence-corrected chi connectivity index (χ4v) is 2.44. The third-order valence-electron chi connectivity index (χ3n) is 3.62. The summed E-state index contributed by atoms with van der Waals surface area (Å²) in [6.07, 6.45) is -1.34. The topological polar surface area (TPSA) is 69.7 Å². The molecule has 0 spiro atoms. The zero-order valence-corrected chi connectivity index (χ0v) is 11.4. The van der Waals surface area contributed by atoms with Gasteiger partial charge in [0.05, 0.1) is 18.8 Å². The van der Waals surface area contributed by atoms with Crippen molar-refractivity contribution in [2.45, 2.75) is 25.7 Å². The average Bonchev–Trinajstić information content (AvgIpc) is 2.99. The lowest BCUT2D eigenvalue weighted by atomic mass is 10.1. The zero-order chi connectivity index (χ0) is 14.1. The van der Waals surface area contributed by atoms with E-state index in [0.29, 0.717) is 19.6 Å². The Balaban J connectivity index is 1.69. The Morgan fingerprint density at radius 3 is 2.50 bits per heavy atom. The number of rotatable bonds is 3. The van der Waals surface area contributed by atoms with Crippen LogP contribution in [-0.2, 0) is 6.54 Å². The van der Waals surface area contributed by atoms with Crippen molar-refractivity contribution >= 4 is 0 Å². The summed E-state index contributed by atoms with van der Waals surface area (Å²) in [5.74, 6) is 0.738. The Hall–Kier alpha value is -1.69. The first-order chi connectivity index (χ1) is 9.61. The third-order valence-corrected chi connectivity index (χ3v) is 3.62. The zero-order valence-electron chi connectivity index (χ0n) is 11.4. The highest BCUT2D eigenvalue weighted by Crippen LogP contribution is 2.21. The number of nitrogens with zero attached hydrogens (tertiary/aromatic N) is 2. The van der Waals surface area contributed by atoms with Crippen LogP contribution in [0, 0.1) is 6.92 Å². The molecule has 3 rings (SSSR count). The molecular formula is C15H18N2O3. The van der Waals surface area contributed by atoms with E-state index in [1.165, 1.54) is 5.56 Å². The summed E-state index contributed by atoms with van der Waals surface area (Å²) in [6.45, 7) is 3.51. The van der Waals surface area contributed by atoms with E-state index in [0.717, 1.165) is 17.0 Å². The predicted molar refractivity (Wildman–Crippen MR) is 74.0 cm³/mol. The first-order valence-electron chi connectivity index (χ1n) is 6.73. The number of benzene rings is 1. The molecule has 1 fully saturated rings. The van der Waals surface area contributed by atoms with Gasteiger partial charge in [0.15, 0.2) is 5.76 Å². The van der Waals surface area contributed by atoms with Gasteiger partial charge in [-0.1, -0.05) is 35.0 Å². The van der Waals surface area contributed by atoms with Gasteiger partial charge in [0, 0.05) is 24.7 Å². The van der Waals surface area contributed by atoms with Gasteiger partial charge in [-0.3, -0.25) is 4.90 Å². The van der Waals surface area contributed by atoms with Crippen LogP contribution >= 0.6 is 0 Å². The number of hydrogen-bond acceptors (Lipinski definition) is 5. The molecule has 1 aromatic heterocycles. The first-order valence-corrected chi connectivity index (χ1v) is 6.73. The smallest absolute Gasteiger partial charge is 0.151 e. The van der Waals surface area contributed by atoms with Gasteiger partial charge in [-0.25, -0.2) is 0 Å². The number of hydrogen-bond donors (Lipinski definition) is 2. The molecule has 0 radical (unpaired) electrons. The number of β-amino-alcohol motifs (C(OH)–C–C–N with tert-alkyl or cyclic N) is 2. The van der Waals surface area contributed by atoms with E-state index < -0.39 is 12.2 Å². The van der Waals surface area contributed by atoms with Crippen molar-refractivity contribution in [1.82, 2.24) is 10.1 Å². The normalized spacial score (nSPS) is 23.4. The Kier molecular flexibility index (Phi) is 3.56. The van der Waals surface area contributed by atoms with Crippen LogP contribution in [0.1, 0.15) is 11.3 Å². The summed E-state index contributed by atoms with van der Waals surface area (Å²) < 4.78 is 5.33. The lowest BCUT2D eigenvalue weighted by molar-refractivity contribution is 0.0572. The molecule has 1 aliphatic rings. The van der Waals surface area contributed by atoms with Crippen molar-refractivity contribution in [2.75, 3.05) is 13.1 Å². The Morgan fingerprint density at radius 2 is 1.85 bits per heavy atom. The highest BCUT2D eigenvalue weighted by molar-refractivity contribution is 5.59. The first kappa shape index (κ1) is 13.3. The fraction of sp³-hybridized carbons (Fsp3) is 0.400. The average molecular weight is 274 g/mol. The van der Waals surface area contributed by atoms with Crippen LogP contribution in [0.15, 0.2) is 34.9 Å². The van der Waals surface area contributed by atoms with Gasteiger partial charge in [-0.15, -0.1) is 0 Å². The molecule has 2 heterocycles. The van der Waals surface area contributed by atoms with Crippen molar-refractivity contribution in [3.05, 3.63) is 41.7 Å². The number of aliphatic hydroxyl groups excluding tert-OH is 2. The lowest BCUT2D eigenvalue weighted by Crippen LogP contribution is -2.22.